The molecule has 1 fully saturated rings. The fourth-order valence-electron chi connectivity index (χ4n) is 5.28. The van der Waals surface area contributed by atoms with Gasteiger partial charge in [-0.2, -0.15) is 35.1 Å². The van der Waals surface area contributed by atoms with Gasteiger partial charge in [-0.25, -0.2) is 64.6 Å². The Morgan fingerprint density at radius 3 is 1.11 bits per heavy atom. The SMILES string of the molecule is C.C.C.C.C.C.C=C(C)C(=O)OCCNC(=O)OCCF.C=C(C)C(=O)OCCNC(=O)OCF.CCC1(C)CC(NC(=O)OCF)CC(C)(C)C1.CNC(=O)OCCF.FCOC(F)(F)OC(F)(F)C(F)(F)OF.FCOC(F)(F)OC(F)(F)C(F)(F)OF. The molecule has 4 N–H and O–H groups in total. The van der Waals surface area contributed by atoms with Crippen molar-refractivity contribution in [2.75, 3.05) is 87.4 Å². The topological polar surface area (TPSA) is 261 Å². The van der Waals surface area contributed by atoms with Gasteiger partial charge in [0.25, 0.3) is 0 Å². The number of esters is 2. The zero-order valence-electron chi connectivity index (χ0n) is 45.2. The fourth-order valence-corrected chi connectivity index (χ4v) is 5.28. The van der Waals surface area contributed by atoms with Crippen LogP contribution in [0.25, 0.3) is 0 Å². The smallest absolute Gasteiger partial charge is 0.460 e. The van der Waals surface area contributed by atoms with Crippen LogP contribution in [0.1, 0.15) is 112 Å². The maximum Gasteiger partial charge on any atom is 0.492 e. The van der Waals surface area contributed by atoms with Crippen molar-refractivity contribution >= 4 is 36.3 Å². The molecule has 90 heavy (non-hydrogen) atoms. The predicted octanol–water partition coefficient (Wildman–Crippen LogP) is 14.5. The number of alkyl halides is 18. The Morgan fingerprint density at radius 2 is 0.822 bits per heavy atom. The Labute approximate surface area is 508 Å². The number of amides is 4. The lowest BCUT2D eigenvalue weighted by atomic mass is 9.62. The first-order valence-corrected chi connectivity index (χ1v) is 22.6. The average Bonchev–Trinajstić information content (AvgIpc) is 1.35. The van der Waals surface area contributed by atoms with Gasteiger partial charge in [0.15, 0.2) is 13.7 Å². The summed E-state index contributed by atoms with van der Waals surface area (Å²) in [5, 5.41) is 9.38. The molecule has 1 saturated carbocycles. The fraction of sp³-hybridized carbons (Fsp3) is 0.792. The number of halogens is 20. The zero-order valence-corrected chi connectivity index (χ0v) is 45.2. The quantitative estimate of drug-likeness (QED) is 0.0142. The minimum atomic E-state index is -6.04. The third-order valence-electron chi connectivity index (χ3n) is 8.53. The Bertz CT molecular complexity index is 1890. The van der Waals surface area contributed by atoms with E-state index >= 15 is 0 Å². The zero-order chi connectivity index (χ0) is 66.8. The van der Waals surface area contributed by atoms with Crippen molar-refractivity contribution in [3.05, 3.63) is 24.3 Å². The third-order valence-corrected chi connectivity index (χ3v) is 8.53. The molecule has 0 radical (unpaired) electrons. The highest BCUT2D eigenvalue weighted by molar-refractivity contribution is 5.87. The van der Waals surface area contributed by atoms with E-state index in [0.29, 0.717) is 0 Å². The minimum absolute atomic E-state index is 0. The van der Waals surface area contributed by atoms with Crippen LogP contribution in [0.15, 0.2) is 24.3 Å². The van der Waals surface area contributed by atoms with Crippen LogP contribution in [0.4, 0.5) is 107 Å². The number of nitrogens with one attached hydrogen (secondary N) is 4. The van der Waals surface area contributed by atoms with Gasteiger partial charge >= 0.3 is 73.3 Å². The third kappa shape index (κ3) is 54.8. The molecule has 0 saturated heterocycles. The van der Waals surface area contributed by atoms with Crippen LogP contribution in [0.3, 0.4) is 0 Å². The lowest BCUT2D eigenvalue weighted by molar-refractivity contribution is -0.548. The lowest BCUT2D eigenvalue weighted by Gasteiger charge is -2.46. The van der Waals surface area contributed by atoms with Crippen molar-refractivity contribution in [1.82, 2.24) is 21.3 Å². The van der Waals surface area contributed by atoms with E-state index in [1.807, 2.05) is 0 Å². The highest BCUT2D eigenvalue weighted by atomic mass is 19.4. The molecule has 1 rings (SSSR count). The Balaban J connectivity index is -0.0000000921. The summed E-state index contributed by atoms with van der Waals surface area (Å²) in [4.78, 5) is 67.0. The molecule has 546 valence electrons. The van der Waals surface area contributed by atoms with Crippen molar-refractivity contribution in [3.8, 4) is 0 Å². The van der Waals surface area contributed by atoms with Gasteiger partial charge in [0.1, 0.15) is 39.8 Å². The molecular formula is C48H86F20N4O18. The summed E-state index contributed by atoms with van der Waals surface area (Å²) in [5.41, 5.74) is 1.01. The van der Waals surface area contributed by atoms with Crippen LogP contribution >= 0.6 is 0 Å². The summed E-state index contributed by atoms with van der Waals surface area (Å²) in [7, 11) is 1.42. The predicted molar refractivity (Wildman–Crippen MR) is 280 cm³/mol. The van der Waals surface area contributed by atoms with E-state index in [9.17, 15) is 117 Å². The van der Waals surface area contributed by atoms with Crippen LogP contribution in [-0.4, -0.2) is 167 Å². The van der Waals surface area contributed by atoms with Gasteiger partial charge in [-0.05, 0) is 53.0 Å². The molecule has 1 aliphatic carbocycles. The summed E-state index contributed by atoms with van der Waals surface area (Å²) >= 11 is 0. The van der Waals surface area contributed by atoms with E-state index in [4.69, 9.17) is 0 Å². The number of hydrogen-bond acceptors (Lipinski definition) is 18. The molecule has 4 amide bonds. The summed E-state index contributed by atoms with van der Waals surface area (Å²) in [5.74, 6) is -1.06. The summed E-state index contributed by atoms with van der Waals surface area (Å²) in [6, 6.07) is 0.0859. The van der Waals surface area contributed by atoms with Crippen molar-refractivity contribution in [3.63, 3.8) is 0 Å². The molecule has 0 heterocycles. The lowest BCUT2D eigenvalue weighted by Crippen LogP contribution is -2.48. The maximum atomic E-state index is 12.0. The van der Waals surface area contributed by atoms with Crippen LogP contribution in [0.2, 0.25) is 0 Å². The number of rotatable bonds is 28. The first-order chi connectivity index (χ1) is 38.4. The monoisotopic (exact) mass is 1390 g/mol. The number of hydrogen-bond donors (Lipinski definition) is 4. The number of carbonyl (C=O) groups excluding carboxylic acids is 6. The first-order valence-electron chi connectivity index (χ1n) is 22.6. The summed E-state index contributed by atoms with van der Waals surface area (Å²) in [6.07, 6.45) is -33.5. The van der Waals surface area contributed by atoms with Gasteiger partial charge in [0, 0.05) is 24.2 Å². The molecule has 22 nitrogen and oxygen atoms in total. The molecule has 0 aromatic rings. The van der Waals surface area contributed by atoms with Crippen LogP contribution in [0, 0.1) is 10.8 Å². The number of ether oxygens (including phenoxy) is 10. The van der Waals surface area contributed by atoms with Crippen molar-refractivity contribution in [1.29, 1.82) is 0 Å². The molecule has 1 aliphatic rings. The standard InChI is InChI=1S/C13H24FNO2.C9H14FNO4.C8H12FNO4.2C4H2F8O3.C4H8FNO2.6CH4/c1-5-13(4)7-10(6-12(2,3)8-13)15-11(16)17-9-14;1-7(2)8(12)14-6-4-11-9(13)15-5-3-10;1-6(2)7(11)13-4-3-10-8(12)14-5-9;2*5-1-13-4(10,11)14-2(6,7)3(8,9)15-12;1-6-4(7)8-3-2-5;;;;;;/h10H,5-9H2,1-4H3,(H,15,16);1,3-6H2,2H3,(H,11,13);1,3-5H2,2H3,(H,10,12);2*1H2;2-3H2,1H3,(H,6,7);6*1H4. The van der Waals surface area contributed by atoms with Crippen molar-refractivity contribution in [2.45, 2.75) is 155 Å². The summed E-state index contributed by atoms with van der Waals surface area (Å²) in [6.45, 7) is 10.2. The van der Waals surface area contributed by atoms with E-state index in [1.165, 1.54) is 30.8 Å². The highest BCUT2D eigenvalue weighted by Crippen LogP contribution is 2.48. The van der Waals surface area contributed by atoms with Crippen LogP contribution in [0.5, 0.6) is 0 Å². The molecule has 0 aromatic carbocycles. The molecule has 2 atom stereocenters. The molecule has 0 aromatic heterocycles. The second-order valence-corrected chi connectivity index (χ2v) is 16.3. The maximum absolute atomic E-state index is 12.0. The van der Waals surface area contributed by atoms with Crippen LogP contribution in [-0.2, 0) is 66.8 Å². The largest absolute Gasteiger partial charge is 0.492 e. The molecule has 0 aliphatic heterocycles. The molecule has 0 spiro atoms. The van der Waals surface area contributed by atoms with Gasteiger partial charge in [-0.1, -0.05) is 91.8 Å². The Kier molecular flexibility index (Phi) is 65.8. The summed E-state index contributed by atoms with van der Waals surface area (Å²) < 4.78 is 268. The van der Waals surface area contributed by atoms with Gasteiger partial charge < -0.3 is 49.7 Å². The molecule has 2 unspecified atom stereocenters. The molecular weight excluding hydrogens is 1300 g/mol. The van der Waals surface area contributed by atoms with Crippen molar-refractivity contribution in [2.24, 2.45) is 10.8 Å². The van der Waals surface area contributed by atoms with Gasteiger partial charge in [-0.3, -0.25) is 9.47 Å². The number of carbonyl (C=O) groups is 6. The molecule has 0 bridgehead atoms. The van der Waals surface area contributed by atoms with E-state index in [1.54, 1.807) is 0 Å². The first kappa shape index (κ1) is 108. The normalized spacial score (nSPS) is 14.5. The van der Waals surface area contributed by atoms with E-state index < -0.39 is 114 Å². The van der Waals surface area contributed by atoms with Gasteiger partial charge in [0.2, 0.25) is 13.7 Å². The second kappa shape index (κ2) is 54.6. The van der Waals surface area contributed by atoms with Gasteiger partial charge in [0.05, 0.1) is 13.1 Å². The second-order valence-electron chi connectivity index (χ2n) is 16.3. The van der Waals surface area contributed by atoms with E-state index in [0.717, 1.165) is 25.7 Å². The average molecular weight is 1390 g/mol. The van der Waals surface area contributed by atoms with Crippen LogP contribution < -0.4 is 21.3 Å². The van der Waals surface area contributed by atoms with Gasteiger partial charge in [-0.15, -0.1) is 27.4 Å². The highest BCUT2D eigenvalue weighted by Gasteiger charge is 2.67. The Morgan fingerprint density at radius 1 is 0.489 bits per heavy atom. The van der Waals surface area contributed by atoms with E-state index in [-0.39, 0.29) is 112 Å². The minimum Gasteiger partial charge on any atom is -0.460 e. The van der Waals surface area contributed by atoms with E-state index in [2.05, 4.69) is 109 Å². The molecule has 42 heteroatoms. The van der Waals surface area contributed by atoms with Crippen molar-refractivity contribution < 1.29 is 174 Å². The number of alkyl carbamates (subject to hydrolysis) is 4. The Hall–Kier alpha value is -6.14.